The topological polar surface area (TPSA) is 56.8 Å². The molecule has 0 aliphatic carbocycles. The number of methoxy groups -OCH3 is 1. The fourth-order valence-corrected chi connectivity index (χ4v) is 1.99. The second kappa shape index (κ2) is 6.40. The zero-order valence-electron chi connectivity index (χ0n) is 10.8. The first-order valence-corrected chi connectivity index (χ1v) is 6.35. The molecule has 0 radical (unpaired) electrons. The van der Waals surface area contributed by atoms with Gasteiger partial charge in [0.2, 0.25) is 0 Å². The van der Waals surface area contributed by atoms with Crippen LogP contribution in [-0.2, 0) is 11.2 Å². The first-order chi connectivity index (χ1) is 8.81. The van der Waals surface area contributed by atoms with Gasteiger partial charge in [0.05, 0.1) is 13.7 Å². The Morgan fingerprint density at radius 3 is 2.83 bits per heavy atom. The molecule has 98 valence electrons. The standard InChI is InChI=1S/C14H20N2O2/c1-17-12-6-4-11(5-7-12)9-13-10-16-14(18-13)3-2-8-15/h4-7,13H,2-3,8-10,15H2,1H3. The van der Waals surface area contributed by atoms with E-state index in [1.54, 1.807) is 7.11 Å². The first-order valence-electron chi connectivity index (χ1n) is 6.35. The lowest BCUT2D eigenvalue weighted by atomic mass is 10.1. The molecule has 0 aromatic heterocycles. The van der Waals surface area contributed by atoms with Crippen LogP contribution in [0.2, 0.25) is 0 Å². The third-order valence-corrected chi connectivity index (χ3v) is 2.99. The van der Waals surface area contributed by atoms with Crippen LogP contribution in [0.1, 0.15) is 18.4 Å². The second-order valence-electron chi connectivity index (χ2n) is 4.42. The first kappa shape index (κ1) is 12.9. The van der Waals surface area contributed by atoms with E-state index in [1.165, 1.54) is 5.56 Å². The van der Waals surface area contributed by atoms with Crippen molar-refractivity contribution in [1.29, 1.82) is 0 Å². The summed E-state index contributed by atoms with van der Waals surface area (Å²) < 4.78 is 10.9. The zero-order valence-corrected chi connectivity index (χ0v) is 10.8. The van der Waals surface area contributed by atoms with Crippen molar-refractivity contribution in [1.82, 2.24) is 0 Å². The van der Waals surface area contributed by atoms with Gasteiger partial charge in [-0.25, -0.2) is 0 Å². The van der Waals surface area contributed by atoms with Crippen molar-refractivity contribution in [3.8, 4) is 5.75 Å². The monoisotopic (exact) mass is 248 g/mol. The number of aliphatic imine (C=N–C) groups is 1. The maximum Gasteiger partial charge on any atom is 0.183 e. The average molecular weight is 248 g/mol. The molecule has 0 bridgehead atoms. The highest BCUT2D eigenvalue weighted by molar-refractivity contribution is 5.77. The molecule has 1 atom stereocenters. The lowest BCUT2D eigenvalue weighted by molar-refractivity contribution is 0.218. The maximum atomic E-state index is 5.79. The molecular formula is C14H20N2O2. The molecule has 1 aliphatic heterocycles. The van der Waals surface area contributed by atoms with Crippen LogP contribution < -0.4 is 10.5 Å². The van der Waals surface area contributed by atoms with Crippen molar-refractivity contribution in [2.45, 2.75) is 25.4 Å². The molecule has 0 saturated carbocycles. The van der Waals surface area contributed by atoms with Crippen LogP contribution in [0.15, 0.2) is 29.3 Å². The van der Waals surface area contributed by atoms with Gasteiger partial charge in [-0.05, 0) is 30.7 Å². The van der Waals surface area contributed by atoms with Gasteiger partial charge in [0, 0.05) is 12.8 Å². The smallest absolute Gasteiger partial charge is 0.183 e. The molecule has 4 heteroatoms. The zero-order chi connectivity index (χ0) is 12.8. The Hall–Kier alpha value is -1.55. The number of ether oxygens (including phenoxy) is 2. The van der Waals surface area contributed by atoms with Crippen LogP contribution in [-0.4, -0.2) is 32.2 Å². The van der Waals surface area contributed by atoms with E-state index >= 15 is 0 Å². The average Bonchev–Trinajstić information content (AvgIpc) is 2.85. The number of benzene rings is 1. The lowest BCUT2D eigenvalue weighted by Crippen LogP contribution is -2.16. The van der Waals surface area contributed by atoms with Crippen molar-refractivity contribution in [2.75, 3.05) is 20.2 Å². The number of nitrogens with zero attached hydrogens (tertiary/aromatic N) is 1. The summed E-state index contributed by atoms with van der Waals surface area (Å²) in [6, 6.07) is 8.08. The van der Waals surface area contributed by atoms with E-state index in [4.69, 9.17) is 15.2 Å². The van der Waals surface area contributed by atoms with Crippen molar-refractivity contribution >= 4 is 5.90 Å². The quantitative estimate of drug-likeness (QED) is 0.834. The van der Waals surface area contributed by atoms with Crippen LogP contribution in [0.3, 0.4) is 0 Å². The Kier molecular flexibility index (Phi) is 4.59. The van der Waals surface area contributed by atoms with Crippen molar-refractivity contribution in [3.63, 3.8) is 0 Å². The highest BCUT2D eigenvalue weighted by Crippen LogP contribution is 2.17. The molecule has 1 unspecified atom stereocenters. The Morgan fingerprint density at radius 2 is 2.17 bits per heavy atom. The van der Waals surface area contributed by atoms with Gasteiger partial charge >= 0.3 is 0 Å². The third kappa shape index (κ3) is 3.47. The van der Waals surface area contributed by atoms with E-state index in [0.717, 1.165) is 37.5 Å². The van der Waals surface area contributed by atoms with Gasteiger partial charge in [0.1, 0.15) is 11.9 Å². The molecule has 1 aromatic carbocycles. The van der Waals surface area contributed by atoms with E-state index in [9.17, 15) is 0 Å². The normalized spacial score (nSPS) is 18.3. The fourth-order valence-electron chi connectivity index (χ4n) is 1.99. The fraction of sp³-hybridized carbons (Fsp3) is 0.500. The molecule has 1 aliphatic rings. The molecule has 2 N–H and O–H groups in total. The second-order valence-corrected chi connectivity index (χ2v) is 4.42. The SMILES string of the molecule is COc1ccc(CC2CN=C(CCCN)O2)cc1. The molecule has 0 saturated heterocycles. The van der Waals surface area contributed by atoms with E-state index in [2.05, 4.69) is 17.1 Å². The number of nitrogens with two attached hydrogens (primary N) is 1. The molecule has 4 nitrogen and oxygen atoms in total. The van der Waals surface area contributed by atoms with Gasteiger partial charge in [-0.15, -0.1) is 0 Å². The summed E-state index contributed by atoms with van der Waals surface area (Å²) in [5, 5.41) is 0. The van der Waals surface area contributed by atoms with Gasteiger partial charge < -0.3 is 15.2 Å². The third-order valence-electron chi connectivity index (χ3n) is 2.99. The summed E-state index contributed by atoms with van der Waals surface area (Å²) in [7, 11) is 1.67. The van der Waals surface area contributed by atoms with Gasteiger partial charge in [-0.3, -0.25) is 4.99 Å². The summed E-state index contributed by atoms with van der Waals surface area (Å²) in [4.78, 5) is 4.40. The minimum atomic E-state index is 0.172. The summed E-state index contributed by atoms with van der Waals surface area (Å²) in [6.07, 6.45) is 2.86. The molecular weight excluding hydrogens is 228 g/mol. The molecule has 0 fully saturated rings. The largest absolute Gasteiger partial charge is 0.497 e. The van der Waals surface area contributed by atoms with Gasteiger partial charge in [-0.1, -0.05) is 12.1 Å². The highest BCUT2D eigenvalue weighted by Gasteiger charge is 2.19. The summed E-state index contributed by atoms with van der Waals surface area (Å²) in [5.74, 6) is 1.74. The molecule has 0 spiro atoms. The van der Waals surface area contributed by atoms with Gasteiger partial charge in [-0.2, -0.15) is 0 Å². The van der Waals surface area contributed by atoms with Crippen LogP contribution in [0.4, 0.5) is 0 Å². The van der Waals surface area contributed by atoms with Crippen LogP contribution in [0, 0.1) is 0 Å². The number of hydrogen-bond acceptors (Lipinski definition) is 4. The van der Waals surface area contributed by atoms with E-state index in [-0.39, 0.29) is 6.10 Å². The Morgan fingerprint density at radius 1 is 1.39 bits per heavy atom. The van der Waals surface area contributed by atoms with Crippen molar-refractivity contribution in [3.05, 3.63) is 29.8 Å². The number of rotatable bonds is 6. The van der Waals surface area contributed by atoms with E-state index in [0.29, 0.717) is 6.54 Å². The van der Waals surface area contributed by atoms with Crippen molar-refractivity contribution < 1.29 is 9.47 Å². The van der Waals surface area contributed by atoms with Crippen LogP contribution >= 0.6 is 0 Å². The Bertz CT molecular complexity index is 401. The summed E-state index contributed by atoms with van der Waals surface area (Å²) >= 11 is 0. The molecule has 2 rings (SSSR count). The predicted octanol–water partition coefficient (Wildman–Crippen LogP) is 1.77. The highest BCUT2D eigenvalue weighted by atomic mass is 16.5. The maximum absolute atomic E-state index is 5.79. The molecule has 1 aromatic rings. The van der Waals surface area contributed by atoms with Crippen molar-refractivity contribution in [2.24, 2.45) is 10.7 Å². The minimum Gasteiger partial charge on any atom is -0.497 e. The summed E-state index contributed by atoms with van der Waals surface area (Å²) in [5.41, 5.74) is 6.72. The van der Waals surface area contributed by atoms with Gasteiger partial charge in [0.25, 0.3) is 0 Å². The van der Waals surface area contributed by atoms with E-state index in [1.807, 2.05) is 12.1 Å². The minimum absolute atomic E-state index is 0.172. The van der Waals surface area contributed by atoms with Gasteiger partial charge in [0.15, 0.2) is 5.90 Å². The van der Waals surface area contributed by atoms with Crippen LogP contribution in [0.25, 0.3) is 0 Å². The number of hydrogen-bond donors (Lipinski definition) is 1. The molecule has 0 amide bonds. The Labute approximate surface area is 108 Å². The molecule has 1 heterocycles. The summed E-state index contributed by atoms with van der Waals surface area (Å²) in [6.45, 7) is 1.44. The Balaban J connectivity index is 1.81. The van der Waals surface area contributed by atoms with Crippen LogP contribution in [0.5, 0.6) is 5.75 Å². The molecule has 18 heavy (non-hydrogen) atoms. The lowest BCUT2D eigenvalue weighted by Gasteiger charge is -2.11. The van der Waals surface area contributed by atoms with E-state index < -0.39 is 0 Å². The predicted molar refractivity (Wildman–Crippen MR) is 72.2 cm³/mol.